The molecule has 0 saturated carbocycles. The Hall–Kier alpha value is -0.880. The Bertz CT molecular complexity index is 565. The highest BCUT2D eigenvalue weighted by molar-refractivity contribution is 9.10. The lowest BCUT2D eigenvalue weighted by molar-refractivity contribution is 0.476. The van der Waals surface area contributed by atoms with E-state index in [2.05, 4.69) is 31.2 Å². The molecule has 0 aliphatic carbocycles. The van der Waals surface area contributed by atoms with E-state index in [-0.39, 0.29) is 11.6 Å². The Morgan fingerprint density at radius 1 is 1.38 bits per heavy atom. The van der Waals surface area contributed by atoms with Crippen molar-refractivity contribution in [2.45, 2.75) is 57.7 Å². The Balaban J connectivity index is 1.92. The van der Waals surface area contributed by atoms with Gasteiger partial charge in [-0.05, 0) is 62.0 Å². The van der Waals surface area contributed by atoms with Gasteiger partial charge < -0.3 is 10.2 Å². The Kier molecular flexibility index (Phi) is 4.36. The zero-order valence-electron chi connectivity index (χ0n) is 12.7. The number of rotatable bonds is 3. The highest BCUT2D eigenvalue weighted by Crippen LogP contribution is 2.32. The molecular formula is C15H23BrN4O. The summed E-state index contributed by atoms with van der Waals surface area (Å²) in [5.41, 5.74) is 0.917. The van der Waals surface area contributed by atoms with Gasteiger partial charge in [0.05, 0.1) is 17.9 Å². The van der Waals surface area contributed by atoms with Gasteiger partial charge in [-0.25, -0.2) is 4.68 Å². The van der Waals surface area contributed by atoms with Gasteiger partial charge in [-0.1, -0.05) is 0 Å². The molecule has 2 saturated heterocycles. The number of halogens is 1. The molecule has 5 nitrogen and oxygen atoms in total. The normalized spacial score (nSPS) is 26.0. The number of hydrogen-bond acceptors (Lipinski definition) is 4. The summed E-state index contributed by atoms with van der Waals surface area (Å²) in [6.45, 7) is 6.07. The van der Waals surface area contributed by atoms with E-state index in [9.17, 15) is 4.79 Å². The molecule has 6 heteroatoms. The first-order valence-corrected chi connectivity index (χ1v) is 8.66. The summed E-state index contributed by atoms with van der Waals surface area (Å²) in [4.78, 5) is 14.8. The molecule has 0 bridgehead atoms. The van der Waals surface area contributed by atoms with Crippen LogP contribution >= 0.6 is 15.9 Å². The van der Waals surface area contributed by atoms with Gasteiger partial charge in [0.25, 0.3) is 5.56 Å². The molecule has 0 spiro atoms. The van der Waals surface area contributed by atoms with Crippen molar-refractivity contribution in [3.05, 3.63) is 21.0 Å². The Morgan fingerprint density at radius 2 is 2.19 bits per heavy atom. The second-order valence-corrected chi connectivity index (χ2v) is 7.09. The molecular weight excluding hydrogens is 332 g/mol. The highest BCUT2D eigenvalue weighted by Gasteiger charge is 2.34. The molecule has 3 rings (SSSR count). The second-order valence-electron chi connectivity index (χ2n) is 6.29. The van der Waals surface area contributed by atoms with E-state index < -0.39 is 0 Å². The summed E-state index contributed by atoms with van der Waals surface area (Å²) >= 11 is 3.51. The number of nitrogens with one attached hydrogen (secondary N) is 1. The molecule has 1 aromatic heterocycles. The molecule has 0 amide bonds. The van der Waals surface area contributed by atoms with E-state index in [1.165, 1.54) is 30.4 Å². The van der Waals surface area contributed by atoms with Crippen molar-refractivity contribution in [3.63, 3.8) is 0 Å². The molecule has 2 aliphatic heterocycles. The van der Waals surface area contributed by atoms with Gasteiger partial charge in [-0.2, -0.15) is 5.10 Å². The van der Waals surface area contributed by atoms with E-state index in [0.29, 0.717) is 16.6 Å². The summed E-state index contributed by atoms with van der Waals surface area (Å²) in [5.74, 6) is 0. The maximum atomic E-state index is 12.4. The van der Waals surface area contributed by atoms with Crippen LogP contribution in [-0.4, -0.2) is 35.0 Å². The quantitative estimate of drug-likeness (QED) is 0.904. The molecule has 3 heterocycles. The van der Waals surface area contributed by atoms with Gasteiger partial charge >= 0.3 is 0 Å². The monoisotopic (exact) mass is 354 g/mol. The van der Waals surface area contributed by atoms with Crippen molar-refractivity contribution < 1.29 is 0 Å². The largest absolute Gasteiger partial charge is 0.365 e. The fraction of sp³-hybridized carbons (Fsp3) is 0.733. The summed E-state index contributed by atoms with van der Waals surface area (Å²) in [6.07, 6.45) is 6.71. The second kappa shape index (κ2) is 6.08. The lowest BCUT2D eigenvalue weighted by Gasteiger charge is -2.31. The van der Waals surface area contributed by atoms with Crippen LogP contribution in [0.25, 0.3) is 0 Å². The molecule has 2 atom stereocenters. The number of aromatic nitrogens is 2. The maximum absolute atomic E-state index is 12.4. The van der Waals surface area contributed by atoms with Crippen molar-refractivity contribution in [2.75, 3.05) is 18.0 Å². The first-order valence-electron chi connectivity index (χ1n) is 7.87. The molecule has 2 aliphatic rings. The van der Waals surface area contributed by atoms with Crippen LogP contribution in [0, 0.1) is 0 Å². The first-order chi connectivity index (χ1) is 10.1. The Morgan fingerprint density at radius 3 is 2.86 bits per heavy atom. The number of hydrogen-bond donors (Lipinski definition) is 1. The van der Waals surface area contributed by atoms with Crippen LogP contribution in [0.1, 0.15) is 45.6 Å². The molecule has 0 radical (unpaired) electrons. The molecule has 116 valence electrons. The molecule has 2 fully saturated rings. The van der Waals surface area contributed by atoms with E-state index in [4.69, 9.17) is 0 Å². The summed E-state index contributed by atoms with van der Waals surface area (Å²) < 4.78 is 2.18. The van der Waals surface area contributed by atoms with E-state index >= 15 is 0 Å². The third kappa shape index (κ3) is 2.75. The zero-order valence-corrected chi connectivity index (χ0v) is 14.3. The SMILES string of the molecule is CC(C)n1ncc(N2CCCC2C2CCCN2)c(Br)c1=O. The van der Waals surface area contributed by atoms with Crippen LogP contribution in [-0.2, 0) is 0 Å². The number of nitrogens with zero attached hydrogens (tertiary/aromatic N) is 3. The molecule has 0 aromatic carbocycles. The third-order valence-electron chi connectivity index (χ3n) is 4.59. The van der Waals surface area contributed by atoms with Gasteiger partial charge in [0.2, 0.25) is 0 Å². The van der Waals surface area contributed by atoms with Gasteiger partial charge in [-0.15, -0.1) is 0 Å². The molecule has 21 heavy (non-hydrogen) atoms. The average Bonchev–Trinajstić information content (AvgIpc) is 3.10. The summed E-state index contributed by atoms with van der Waals surface area (Å²) in [5, 5.41) is 7.96. The maximum Gasteiger partial charge on any atom is 0.283 e. The molecule has 2 unspecified atom stereocenters. The minimum atomic E-state index is -0.0347. The lowest BCUT2D eigenvalue weighted by Crippen LogP contribution is -2.44. The van der Waals surface area contributed by atoms with E-state index in [0.717, 1.165) is 18.8 Å². The topological polar surface area (TPSA) is 50.2 Å². The predicted molar refractivity (Wildman–Crippen MR) is 88.0 cm³/mol. The van der Waals surface area contributed by atoms with Crippen LogP contribution in [0.15, 0.2) is 15.5 Å². The fourth-order valence-electron chi connectivity index (χ4n) is 3.55. The van der Waals surface area contributed by atoms with Gasteiger partial charge in [0.15, 0.2) is 0 Å². The molecule has 1 aromatic rings. The first kappa shape index (κ1) is 15.0. The van der Waals surface area contributed by atoms with Crippen molar-refractivity contribution in [1.29, 1.82) is 0 Å². The minimum Gasteiger partial charge on any atom is -0.365 e. The van der Waals surface area contributed by atoms with E-state index in [1.807, 2.05) is 20.0 Å². The summed E-state index contributed by atoms with van der Waals surface area (Å²) in [7, 11) is 0. The zero-order chi connectivity index (χ0) is 15.0. The molecule has 1 N–H and O–H groups in total. The van der Waals surface area contributed by atoms with Gasteiger partial charge in [0, 0.05) is 18.6 Å². The predicted octanol–water partition coefficient (Wildman–Crippen LogP) is 2.31. The lowest BCUT2D eigenvalue weighted by atomic mass is 10.0. The number of anilines is 1. The van der Waals surface area contributed by atoms with Gasteiger partial charge in [-0.3, -0.25) is 4.79 Å². The smallest absolute Gasteiger partial charge is 0.283 e. The van der Waals surface area contributed by atoms with Crippen LogP contribution in [0.3, 0.4) is 0 Å². The van der Waals surface area contributed by atoms with Crippen molar-refractivity contribution in [2.24, 2.45) is 0 Å². The van der Waals surface area contributed by atoms with Crippen molar-refractivity contribution in [1.82, 2.24) is 15.1 Å². The minimum absolute atomic E-state index is 0.0347. The van der Waals surface area contributed by atoms with Crippen LogP contribution < -0.4 is 15.8 Å². The van der Waals surface area contributed by atoms with Crippen LogP contribution in [0.4, 0.5) is 5.69 Å². The van der Waals surface area contributed by atoms with Crippen molar-refractivity contribution >= 4 is 21.6 Å². The van der Waals surface area contributed by atoms with E-state index in [1.54, 1.807) is 0 Å². The third-order valence-corrected chi connectivity index (χ3v) is 5.33. The standard InChI is InChI=1S/C15H23BrN4O/c1-10(2)20-15(21)14(16)13(9-18-20)19-8-4-6-12(19)11-5-3-7-17-11/h9-12,17H,3-8H2,1-2H3. The van der Waals surface area contributed by atoms with Crippen LogP contribution in [0.5, 0.6) is 0 Å². The Labute approximate surface area is 133 Å². The van der Waals surface area contributed by atoms with Crippen molar-refractivity contribution in [3.8, 4) is 0 Å². The van der Waals surface area contributed by atoms with Gasteiger partial charge in [0.1, 0.15) is 4.47 Å². The average molecular weight is 355 g/mol. The fourth-order valence-corrected chi connectivity index (χ4v) is 4.07. The summed E-state index contributed by atoms with van der Waals surface area (Å²) in [6, 6.07) is 1.11. The van der Waals surface area contributed by atoms with Crippen LogP contribution in [0.2, 0.25) is 0 Å². The highest BCUT2D eigenvalue weighted by atomic mass is 79.9.